The predicted molar refractivity (Wildman–Crippen MR) is 87.0 cm³/mol. The average Bonchev–Trinajstić information content (AvgIpc) is 2.40. The van der Waals surface area contributed by atoms with Gasteiger partial charge >= 0.3 is 0 Å². The van der Waals surface area contributed by atoms with Gasteiger partial charge in [0.1, 0.15) is 0 Å². The number of amides is 1. The molecule has 116 valence electrons. The lowest BCUT2D eigenvalue weighted by atomic mass is 9.92. The van der Waals surface area contributed by atoms with Gasteiger partial charge in [-0.25, -0.2) is 0 Å². The first-order chi connectivity index (χ1) is 9.12. The zero-order valence-electron chi connectivity index (χ0n) is 12.5. The van der Waals surface area contributed by atoms with Crippen LogP contribution in [0.2, 0.25) is 0 Å². The Kier molecular flexibility index (Phi) is 9.55. The highest BCUT2D eigenvalue weighted by atomic mass is 35.5. The van der Waals surface area contributed by atoms with Gasteiger partial charge < -0.3 is 10.6 Å². The van der Waals surface area contributed by atoms with Crippen molar-refractivity contribution < 1.29 is 4.79 Å². The maximum absolute atomic E-state index is 12.3. The molecular weight excluding hydrogens is 274 g/mol. The van der Waals surface area contributed by atoms with E-state index in [-0.39, 0.29) is 18.3 Å². The number of piperidine rings is 1. The fraction of sp³-hybridized carbons (Fsp3) is 0.667. The Labute approximate surface area is 129 Å². The molecule has 0 aromatic carbocycles. The van der Waals surface area contributed by atoms with E-state index in [1.165, 1.54) is 0 Å². The van der Waals surface area contributed by atoms with E-state index in [1.807, 2.05) is 0 Å². The lowest BCUT2D eigenvalue weighted by Gasteiger charge is -2.38. The minimum Gasteiger partial charge on any atom is -0.334 e. The number of halogens is 1. The van der Waals surface area contributed by atoms with E-state index in [9.17, 15) is 4.79 Å². The number of hydrogen-bond donors (Lipinski definition) is 1. The molecule has 0 aromatic heterocycles. The number of nitrogens with two attached hydrogens (primary N) is 1. The van der Waals surface area contributed by atoms with Crippen LogP contribution in [0.15, 0.2) is 25.3 Å². The monoisotopic (exact) mass is 301 g/mol. The molecule has 0 radical (unpaired) electrons. The molecule has 1 aliphatic heterocycles. The first-order valence-corrected chi connectivity index (χ1v) is 7.06. The van der Waals surface area contributed by atoms with Gasteiger partial charge in [-0.2, -0.15) is 0 Å². The molecular formula is C15H28ClN3O. The fourth-order valence-electron chi connectivity index (χ4n) is 2.62. The van der Waals surface area contributed by atoms with Crippen LogP contribution in [0.4, 0.5) is 0 Å². The van der Waals surface area contributed by atoms with Gasteiger partial charge in [0.05, 0.1) is 6.54 Å². The Bertz CT molecular complexity index is 312. The predicted octanol–water partition coefficient (Wildman–Crippen LogP) is 1.67. The second-order valence-electron chi connectivity index (χ2n) is 5.37. The van der Waals surface area contributed by atoms with Gasteiger partial charge in [-0.05, 0) is 25.3 Å². The molecule has 0 saturated carbocycles. The highest BCUT2D eigenvalue weighted by Crippen LogP contribution is 2.21. The number of nitrogens with zero attached hydrogens (tertiary/aromatic N) is 2. The maximum Gasteiger partial charge on any atom is 0.237 e. The van der Waals surface area contributed by atoms with Gasteiger partial charge in [-0.3, -0.25) is 9.69 Å². The molecule has 1 saturated heterocycles. The van der Waals surface area contributed by atoms with Crippen molar-refractivity contribution in [2.45, 2.75) is 25.8 Å². The molecule has 0 spiro atoms. The molecule has 4 nitrogen and oxygen atoms in total. The molecule has 20 heavy (non-hydrogen) atoms. The Morgan fingerprint density at radius 1 is 1.40 bits per heavy atom. The second kappa shape index (κ2) is 9.97. The molecule has 5 heteroatoms. The van der Waals surface area contributed by atoms with Gasteiger partial charge in [-0.15, -0.1) is 25.6 Å². The van der Waals surface area contributed by atoms with Crippen molar-refractivity contribution in [3.63, 3.8) is 0 Å². The molecule has 1 rings (SSSR count). The Hall–Kier alpha value is -0.840. The summed E-state index contributed by atoms with van der Waals surface area (Å²) in [7, 11) is 0. The summed E-state index contributed by atoms with van der Waals surface area (Å²) < 4.78 is 0. The van der Waals surface area contributed by atoms with Crippen molar-refractivity contribution in [2.24, 2.45) is 11.7 Å². The van der Waals surface area contributed by atoms with Crippen LogP contribution < -0.4 is 5.73 Å². The summed E-state index contributed by atoms with van der Waals surface area (Å²) in [6.07, 6.45) is 5.74. The third kappa shape index (κ3) is 5.65. The van der Waals surface area contributed by atoms with Crippen LogP contribution >= 0.6 is 12.4 Å². The lowest BCUT2D eigenvalue weighted by molar-refractivity contribution is -0.132. The van der Waals surface area contributed by atoms with Crippen LogP contribution in [0.25, 0.3) is 0 Å². The third-order valence-corrected chi connectivity index (χ3v) is 3.76. The van der Waals surface area contributed by atoms with Gasteiger partial charge in [0.2, 0.25) is 5.91 Å². The van der Waals surface area contributed by atoms with Crippen LogP contribution in [-0.2, 0) is 4.79 Å². The Morgan fingerprint density at radius 3 is 2.50 bits per heavy atom. The Balaban J connectivity index is 0.00000361. The highest BCUT2D eigenvalue weighted by molar-refractivity contribution is 5.85. The fourth-order valence-corrected chi connectivity index (χ4v) is 2.62. The molecule has 1 amide bonds. The third-order valence-electron chi connectivity index (χ3n) is 3.76. The lowest BCUT2D eigenvalue weighted by Crippen LogP contribution is -2.50. The van der Waals surface area contributed by atoms with E-state index in [0.717, 1.165) is 19.4 Å². The van der Waals surface area contributed by atoms with Gasteiger partial charge in [0.25, 0.3) is 0 Å². The number of carbonyl (C=O) groups is 1. The quantitative estimate of drug-likeness (QED) is 0.728. The maximum atomic E-state index is 12.3. The van der Waals surface area contributed by atoms with Gasteiger partial charge in [-0.1, -0.05) is 19.1 Å². The summed E-state index contributed by atoms with van der Waals surface area (Å²) in [4.78, 5) is 16.3. The van der Waals surface area contributed by atoms with Crippen LogP contribution in [0.5, 0.6) is 0 Å². The van der Waals surface area contributed by atoms with Crippen molar-refractivity contribution in [1.29, 1.82) is 0 Å². The molecule has 0 bridgehead atoms. The SMILES string of the molecule is C=CCN(CC=C)C(=O)CN1CCC(C)CC1CN.Cl. The molecule has 2 atom stereocenters. The zero-order chi connectivity index (χ0) is 14.3. The largest absolute Gasteiger partial charge is 0.334 e. The van der Waals surface area contributed by atoms with E-state index < -0.39 is 0 Å². The number of likely N-dealkylation sites (tertiary alicyclic amines) is 1. The second-order valence-corrected chi connectivity index (χ2v) is 5.37. The molecule has 2 unspecified atom stereocenters. The summed E-state index contributed by atoms with van der Waals surface area (Å²) in [5.41, 5.74) is 5.83. The molecule has 2 N–H and O–H groups in total. The van der Waals surface area contributed by atoms with Crippen molar-refractivity contribution in [2.75, 3.05) is 32.7 Å². The normalized spacial score (nSPS) is 22.7. The summed E-state index contributed by atoms with van der Waals surface area (Å²) >= 11 is 0. The summed E-state index contributed by atoms with van der Waals surface area (Å²) in [5.74, 6) is 0.838. The molecule has 1 aliphatic rings. The Morgan fingerprint density at radius 2 is 2.00 bits per heavy atom. The summed E-state index contributed by atoms with van der Waals surface area (Å²) in [5, 5.41) is 0. The van der Waals surface area contributed by atoms with Crippen molar-refractivity contribution in [3.8, 4) is 0 Å². The van der Waals surface area contributed by atoms with Crippen molar-refractivity contribution >= 4 is 18.3 Å². The topological polar surface area (TPSA) is 49.6 Å². The van der Waals surface area contributed by atoms with E-state index in [0.29, 0.717) is 38.1 Å². The van der Waals surface area contributed by atoms with Gasteiger partial charge in [0, 0.05) is 25.7 Å². The number of rotatable bonds is 7. The smallest absolute Gasteiger partial charge is 0.237 e. The standard InChI is InChI=1S/C15H27N3O.ClH/c1-4-7-17(8-5-2)15(19)12-18-9-6-13(3)10-14(18)11-16;/h4-5,13-14H,1-2,6-12,16H2,3H3;1H. The molecule has 0 aliphatic carbocycles. The summed E-state index contributed by atoms with van der Waals surface area (Å²) in [6.45, 7) is 12.8. The first-order valence-electron chi connectivity index (χ1n) is 7.06. The molecule has 1 fully saturated rings. The van der Waals surface area contributed by atoms with E-state index in [1.54, 1.807) is 17.1 Å². The minimum absolute atomic E-state index is 0. The zero-order valence-corrected chi connectivity index (χ0v) is 13.3. The first kappa shape index (κ1) is 19.2. The average molecular weight is 302 g/mol. The van der Waals surface area contributed by atoms with Crippen LogP contribution in [-0.4, -0.2) is 54.5 Å². The minimum atomic E-state index is 0. The van der Waals surface area contributed by atoms with Crippen LogP contribution in [0, 0.1) is 5.92 Å². The molecule has 0 aromatic rings. The summed E-state index contributed by atoms with van der Waals surface area (Å²) in [6, 6.07) is 0.335. The van der Waals surface area contributed by atoms with Crippen molar-refractivity contribution in [3.05, 3.63) is 25.3 Å². The van der Waals surface area contributed by atoms with E-state index >= 15 is 0 Å². The number of hydrogen-bond acceptors (Lipinski definition) is 3. The number of carbonyl (C=O) groups excluding carboxylic acids is 1. The van der Waals surface area contributed by atoms with Crippen molar-refractivity contribution in [1.82, 2.24) is 9.80 Å². The van der Waals surface area contributed by atoms with E-state index in [4.69, 9.17) is 5.73 Å². The van der Waals surface area contributed by atoms with Crippen LogP contribution in [0.3, 0.4) is 0 Å². The van der Waals surface area contributed by atoms with Crippen LogP contribution in [0.1, 0.15) is 19.8 Å². The molecule has 1 heterocycles. The van der Waals surface area contributed by atoms with E-state index in [2.05, 4.69) is 25.0 Å². The van der Waals surface area contributed by atoms with Gasteiger partial charge in [0.15, 0.2) is 0 Å². The highest BCUT2D eigenvalue weighted by Gasteiger charge is 2.27.